The molecule has 2 aromatic rings. The van der Waals surface area contributed by atoms with Crippen LogP contribution in [0.2, 0.25) is 0 Å². The van der Waals surface area contributed by atoms with Crippen LogP contribution in [0, 0.1) is 11.6 Å². The Bertz CT molecular complexity index is 761. The summed E-state index contributed by atoms with van der Waals surface area (Å²) in [7, 11) is 0. The smallest absolute Gasteiger partial charge is 0.244 e. The molecule has 1 atom stereocenters. The first-order valence-electron chi connectivity index (χ1n) is 8.58. The normalized spacial score (nSPS) is 18.6. The SMILES string of the molecule is CCc1ccc(N2CCN(Cc3ccc(F)cc3F)C(C)C2=O)cc1. The second kappa shape index (κ2) is 7.31. The molecule has 0 radical (unpaired) electrons. The van der Waals surface area contributed by atoms with Crippen molar-refractivity contribution in [3.63, 3.8) is 0 Å². The minimum Gasteiger partial charge on any atom is -0.310 e. The highest BCUT2D eigenvalue weighted by atomic mass is 19.1. The van der Waals surface area contributed by atoms with Gasteiger partial charge < -0.3 is 4.90 Å². The van der Waals surface area contributed by atoms with Crippen molar-refractivity contribution in [1.82, 2.24) is 4.90 Å². The molecule has 0 bridgehead atoms. The molecule has 0 aliphatic carbocycles. The van der Waals surface area contributed by atoms with Gasteiger partial charge in [-0.1, -0.05) is 25.1 Å². The van der Waals surface area contributed by atoms with E-state index in [0.717, 1.165) is 18.2 Å². The number of aryl methyl sites for hydroxylation is 1. The van der Waals surface area contributed by atoms with Gasteiger partial charge in [-0.3, -0.25) is 9.69 Å². The van der Waals surface area contributed by atoms with E-state index in [1.165, 1.54) is 17.7 Å². The molecule has 1 saturated heterocycles. The molecule has 0 saturated carbocycles. The molecular weight excluding hydrogens is 322 g/mol. The first-order valence-corrected chi connectivity index (χ1v) is 8.58. The Morgan fingerprint density at radius 3 is 2.44 bits per heavy atom. The van der Waals surface area contributed by atoms with Crippen LogP contribution in [-0.2, 0) is 17.8 Å². The molecule has 1 aliphatic heterocycles. The van der Waals surface area contributed by atoms with Crippen LogP contribution in [0.15, 0.2) is 42.5 Å². The molecule has 1 aliphatic rings. The van der Waals surface area contributed by atoms with Gasteiger partial charge in [0, 0.05) is 37.0 Å². The second-order valence-electron chi connectivity index (χ2n) is 6.39. The highest BCUT2D eigenvalue weighted by Gasteiger charge is 2.32. The van der Waals surface area contributed by atoms with Crippen LogP contribution < -0.4 is 4.90 Å². The third kappa shape index (κ3) is 3.71. The first kappa shape index (κ1) is 17.5. The molecule has 1 unspecified atom stereocenters. The zero-order valence-corrected chi connectivity index (χ0v) is 14.5. The quantitative estimate of drug-likeness (QED) is 0.843. The van der Waals surface area contributed by atoms with Crippen LogP contribution in [0.3, 0.4) is 0 Å². The molecule has 1 amide bonds. The Kier molecular flexibility index (Phi) is 5.13. The zero-order chi connectivity index (χ0) is 18.0. The van der Waals surface area contributed by atoms with E-state index in [0.29, 0.717) is 25.2 Å². The van der Waals surface area contributed by atoms with Gasteiger partial charge in [0.05, 0.1) is 6.04 Å². The van der Waals surface area contributed by atoms with Gasteiger partial charge in [0.1, 0.15) is 11.6 Å². The number of rotatable bonds is 4. The van der Waals surface area contributed by atoms with Gasteiger partial charge >= 0.3 is 0 Å². The molecule has 0 spiro atoms. The average Bonchev–Trinajstić information content (AvgIpc) is 2.61. The second-order valence-corrected chi connectivity index (χ2v) is 6.39. The summed E-state index contributed by atoms with van der Waals surface area (Å²) >= 11 is 0. The number of nitrogens with zero attached hydrogens (tertiary/aromatic N) is 2. The summed E-state index contributed by atoms with van der Waals surface area (Å²) in [4.78, 5) is 16.5. The molecule has 1 heterocycles. The van der Waals surface area contributed by atoms with Crippen LogP contribution in [0.5, 0.6) is 0 Å². The largest absolute Gasteiger partial charge is 0.310 e. The van der Waals surface area contributed by atoms with Crippen molar-refractivity contribution < 1.29 is 13.6 Å². The molecule has 1 fully saturated rings. The summed E-state index contributed by atoms with van der Waals surface area (Å²) in [5.41, 5.74) is 2.53. The minimum atomic E-state index is -0.592. The topological polar surface area (TPSA) is 23.6 Å². The van der Waals surface area contributed by atoms with Crippen molar-refractivity contribution in [2.45, 2.75) is 32.9 Å². The van der Waals surface area contributed by atoms with E-state index in [4.69, 9.17) is 0 Å². The van der Waals surface area contributed by atoms with Crippen molar-refractivity contribution in [1.29, 1.82) is 0 Å². The van der Waals surface area contributed by atoms with E-state index >= 15 is 0 Å². The summed E-state index contributed by atoms with van der Waals surface area (Å²) in [5, 5.41) is 0. The molecule has 0 aromatic heterocycles. The van der Waals surface area contributed by atoms with Gasteiger partial charge in [0.25, 0.3) is 0 Å². The van der Waals surface area contributed by atoms with E-state index in [9.17, 15) is 13.6 Å². The lowest BCUT2D eigenvalue weighted by molar-refractivity contribution is -0.125. The number of benzene rings is 2. The highest BCUT2D eigenvalue weighted by Crippen LogP contribution is 2.23. The minimum absolute atomic E-state index is 0.00183. The van der Waals surface area contributed by atoms with Crippen LogP contribution >= 0.6 is 0 Å². The van der Waals surface area contributed by atoms with Gasteiger partial charge in [-0.2, -0.15) is 0 Å². The lowest BCUT2D eigenvalue weighted by Gasteiger charge is -2.39. The fourth-order valence-electron chi connectivity index (χ4n) is 3.17. The van der Waals surface area contributed by atoms with E-state index in [2.05, 4.69) is 6.92 Å². The van der Waals surface area contributed by atoms with Gasteiger partial charge in [-0.25, -0.2) is 8.78 Å². The van der Waals surface area contributed by atoms with Crippen LogP contribution in [0.1, 0.15) is 25.0 Å². The van der Waals surface area contributed by atoms with Crippen LogP contribution in [0.4, 0.5) is 14.5 Å². The standard InChI is InChI=1S/C20H22F2N2O/c1-3-15-4-8-18(9-5-15)24-11-10-23(14(2)20(24)25)13-16-6-7-17(21)12-19(16)22/h4-9,12,14H,3,10-11,13H2,1-2H3. The van der Waals surface area contributed by atoms with Crippen molar-refractivity contribution >= 4 is 11.6 Å². The maximum atomic E-state index is 13.9. The molecule has 25 heavy (non-hydrogen) atoms. The van der Waals surface area contributed by atoms with E-state index in [1.807, 2.05) is 36.1 Å². The third-order valence-electron chi connectivity index (χ3n) is 4.83. The Morgan fingerprint density at radius 1 is 1.08 bits per heavy atom. The number of halogens is 2. The number of amides is 1. The Labute approximate surface area is 146 Å². The monoisotopic (exact) mass is 344 g/mol. The van der Waals surface area contributed by atoms with Crippen LogP contribution in [-0.4, -0.2) is 29.9 Å². The van der Waals surface area contributed by atoms with Crippen molar-refractivity contribution in [3.8, 4) is 0 Å². The number of hydrogen-bond donors (Lipinski definition) is 0. The average molecular weight is 344 g/mol. The lowest BCUT2D eigenvalue weighted by Crippen LogP contribution is -2.55. The highest BCUT2D eigenvalue weighted by molar-refractivity contribution is 5.97. The van der Waals surface area contributed by atoms with Crippen LogP contribution in [0.25, 0.3) is 0 Å². The van der Waals surface area contributed by atoms with Gasteiger partial charge in [-0.15, -0.1) is 0 Å². The number of carbonyl (C=O) groups is 1. The number of anilines is 1. The molecule has 0 N–H and O–H groups in total. The first-order chi connectivity index (χ1) is 12.0. The molecule has 3 rings (SSSR count). The molecular formula is C20H22F2N2O. The molecule has 132 valence electrons. The Morgan fingerprint density at radius 2 is 1.80 bits per heavy atom. The van der Waals surface area contributed by atoms with Crippen molar-refractivity contribution in [2.75, 3.05) is 18.0 Å². The molecule has 3 nitrogen and oxygen atoms in total. The summed E-state index contributed by atoms with van der Waals surface area (Å²) < 4.78 is 26.9. The van der Waals surface area contributed by atoms with Crippen molar-refractivity contribution in [2.24, 2.45) is 0 Å². The van der Waals surface area contributed by atoms with E-state index in [1.54, 1.807) is 4.90 Å². The number of carbonyl (C=O) groups excluding carboxylic acids is 1. The molecule has 5 heteroatoms. The van der Waals surface area contributed by atoms with Gasteiger partial charge in [0.2, 0.25) is 5.91 Å². The number of hydrogen-bond acceptors (Lipinski definition) is 2. The summed E-state index contributed by atoms with van der Waals surface area (Å²) in [6, 6.07) is 11.2. The third-order valence-corrected chi connectivity index (χ3v) is 4.83. The van der Waals surface area contributed by atoms with E-state index < -0.39 is 11.6 Å². The summed E-state index contributed by atoms with van der Waals surface area (Å²) in [6.07, 6.45) is 0.960. The van der Waals surface area contributed by atoms with Gasteiger partial charge in [-0.05, 0) is 37.1 Å². The summed E-state index contributed by atoms with van der Waals surface area (Å²) in [5.74, 6) is -1.17. The lowest BCUT2D eigenvalue weighted by atomic mass is 10.1. The van der Waals surface area contributed by atoms with E-state index in [-0.39, 0.29) is 11.9 Å². The Balaban J connectivity index is 1.72. The fraction of sp³-hybridized carbons (Fsp3) is 0.350. The predicted molar refractivity (Wildman–Crippen MR) is 94.4 cm³/mol. The van der Waals surface area contributed by atoms with Gasteiger partial charge in [0.15, 0.2) is 0 Å². The fourth-order valence-corrected chi connectivity index (χ4v) is 3.17. The maximum absolute atomic E-state index is 13.9. The number of piperazine rings is 1. The maximum Gasteiger partial charge on any atom is 0.244 e. The van der Waals surface area contributed by atoms with Crippen molar-refractivity contribution in [3.05, 3.63) is 65.2 Å². The predicted octanol–water partition coefficient (Wildman–Crippen LogP) is 3.76. The Hall–Kier alpha value is -2.27. The zero-order valence-electron chi connectivity index (χ0n) is 14.5. The summed E-state index contributed by atoms with van der Waals surface area (Å²) in [6.45, 7) is 5.41. The molecule has 2 aromatic carbocycles.